The molecule has 8 heteroatoms. The third-order valence-corrected chi connectivity index (χ3v) is 5.38. The van der Waals surface area contributed by atoms with Crippen LogP contribution in [0.15, 0.2) is 36.4 Å². The Balaban J connectivity index is 1.52. The lowest BCUT2D eigenvalue weighted by Crippen LogP contribution is -2.28. The molecular weight excluding hydrogens is 420 g/mol. The van der Waals surface area contributed by atoms with Gasteiger partial charge in [-0.25, -0.2) is 0 Å². The van der Waals surface area contributed by atoms with E-state index < -0.39 is 0 Å². The summed E-state index contributed by atoms with van der Waals surface area (Å²) in [4.78, 5) is 27.2. The van der Waals surface area contributed by atoms with E-state index in [1.165, 1.54) is 6.08 Å². The van der Waals surface area contributed by atoms with Gasteiger partial charge in [-0.1, -0.05) is 11.6 Å². The molecule has 0 atom stereocenters. The minimum absolute atomic E-state index is 0.106. The van der Waals surface area contributed by atoms with Gasteiger partial charge in [0, 0.05) is 24.2 Å². The summed E-state index contributed by atoms with van der Waals surface area (Å²) in [7, 11) is 1.55. The number of hydrogen-bond donors (Lipinski definition) is 1. The van der Waals surface area contributed by atoms with Crippen LogP contribution in [0.1, 0.15) is 28.8 Å². The van der Waals surface area contributed by atoms with Crippen molar-refractivity contribution in [2.75, 3.05) is 38.7 Å². The van der Waals surface area contributed by atoms with Gasteiger partial charge in [0.25, 0.3) is 5.91 Å². The molecule has 2 aliphatic heterocycles. The number of likely N-dealkylation sites (tertiary alicyclic amines) is 1. The Hall–Kier alpha value is -3.19. The molecule has 7 nitrogen and oxygen atoms in total. The molecule has 2 aromatic carbocycles. The minimum Gasteiger partial charge on any atom is -0.493 e. The molecule has 1 saturated heterocycles. The summed E-state index contributed by atoms with van der Waals surface area (Å²) in [5, 5.41) is 3.21. The standard InChI is InChI=1S/C23H23ClN2O5/c1-29-19-12-15(13-20-22(19)31-11-10-30-20)4-7-21(27)25-18-14-16(24)5-6-17(18)23(28)26-8-2-3-9-26/h4-7,12-14H,2-3,8-11H2,1H3,(H,25,27)/b7-4+. The minimum atomic E-state index is -0.383. The number of ether oxygens (including phenoxy) is 3. The molecular formula is C23H23ClN2O5. The normalized spacial score (nSPS) is 15.2. The van der Waals surface area contributed by atoms with Gasteiger partial charge in [0.05, 0.1) is 18.4 Å². The van der Waals surface area contributed by atoms with Crippen LogP contribution in [-0.4, -0.2) is 50.1 Å². The van der Waals surface area contributed by atoms with Crippen molar-refractivity contribution in [2.45, 2.75) is 12.8 Å². The molecule has 0 aliphatic carbocycles. The fourth-order valence-electron chi connectivity index (χ4n) is 3.63. The van der Waals surface area contributed by atoms with E-state index in [4.69, 9.17) is 25.8 Å². The molecule has 2 aliphatic rings. The van der Waals surface area contributed by atoms with Crippen LogP contribution >= 0.6 is 11.6 Å². The van der Waals surface area contributed by atoms with E-state index in [1.54, 1.807) is 48.4 Å². The summed E-state index contributed by atoms with van der Waals surface area (Å²) in [6.07, 6.45) is 5.00. The highest BCUT2D eigenvalue weighted by Crippen LogP contribution is 2.40. The van der Waals surface area contributed by atoms with Crippen LogP contribution in [-0.2, 0) is 4.79 Å². The molecule has 0 radical (unpaired) electrons. The van der Waals surface area contributed by atoms with E-state index in [0.717, 1.165) is 31.5 Å². The van der Waals surface area contributed by atoms with Gasteiger partial charge in [-0.2, -0.15) is 0 Å². The summed E-state index contributed by atoms with van der Waals surface area (Å²) in [6.45, 7) is 2.35. The lowest BCUT2D eigenvalue weighted by atomic mass is 10.1. The van der Waals surface area contributed by atoms with Gasteiger partial charge in [-0.15, -0.1) is 0 Å². The molecule has 0 unspecified atom stereocenters. The first kappa shape index (κ1) is 21.1. The number of hydrogen-bond acceptors (Lipinski definition) is 5. The zero-order chi connectivity index (χ0) is 21.8. The molecule has 1 N–H and O–H groups in total. The van der Waals surface area contributed by atoms with Crippen molar-refractivity contribution >= 4 is 35.2 Å². The maximum Gasteiger partial charge on any atom is 0.255 e. The highest BCUT2D eigenvalue weighted by molar-refractivity contribution is 6.31. The predicted octanol–water partition coefficient (Wildman–Crippen LogP) is 4.01. The van der Waals surface area contributed by atoms with Crippen LogP contribution in [0.25, 0.3) is 6.08 Å². The number of halogens is 1. The summed E-state index contributed by atoms with van der Waals surface area (Å²) < 4.78 is 16.6. The van der Waals surface area contributed by atoms with Gasteiger partial charge < -0.3 is 24.4 Å². The van der Waals surface area contributed by atoms with Gasteiger partial charge in [-0.05, 0) is 54.8 Å². The first-order chi connectivity index (χ1) is 15.0. The molecule has 0 saturated carbocycles. The number of carbonyl (C=O) groups excluding carboxylic acids is 2. The lowest BCUT2D eigenvalue weighted by Gasteiger charge is -2.21. The highest BCUT2D eigenvalue weighted by Gasteiger charge is 2.22. The maximum atomic E-state index is 12.8. The van der Waals surface area contributed by atoms with Crippen molar-refractivity contribution in [1.29, 1.82) is 0 Å². The van der Waals surface area contributed by atoms with Crippen LogP contribution in [0.2, 0.25) is 5.02 Å². The summed E-state index contributed by atoms with van der Waals surface area (Å²) in [6, 6.07) is 8.43. The van der Waals surface area contributed by atoms with Crippen molar-refractivity contribution < 1.29 is 23.8 Å². The van der Waals surface area contributed by atoms with Crippen LogP contribution < -0.4 is 19.5 Å². The molecule has 0 aromatic heterocycles. The number of carbonyl (C=O) groups is 2. The van der Waals surface area contributed by atoms with Crippen molar-refractivity contribution in [1.82, 2.24) is 4.90 Å². The molecule has 4 rings (SSSR count). The number of nitrogens with zero attached hydrogens (tertiary/aromatic N) is 1. The largest absolute Gasteiger partial charge is 0.493 e. The van der Waals surface area contributed by atoms with E-state index in [2.05, 4.69) is 5.32 Å². The number of nitrogens with one attached hydrogen (secondary N) is 1. The summed E-state index contributed by atoms with van der Waals surface area (Å²) in [5.41, 5.74) is 1.53. The quantitative estimate of drug-likeness (QED) is 0.708. The Bertz CT molecular complexity index is 1010. The van der Waals surface area contributed by atoms with Crippen LogP contribution in [0.3, 0.4) is 0 Å². The van der Waals surface area contributed by atoms with Crippen molar-refractivity contribution in [3.05, 3.63) is 52.6 Å². The molecule has 1 fully saturated rings. The predicted molar refractivity (Wildman–Crippen MR) is 118 cm³/mol. The molecule has 2 aromatic rings. The Morgan fingerprint density at radius 1 is 1.13 bits per heavy atom. The third-order valence-electron chi connectivity index (χ3n) is 5.14. The van der Waals surface area contributed by atoms with Gasteiger partial charge in [0.2, 0.25) is 11.7 Å². The van der Waals surface area contributed by atoms with Crippen LogP contribution in [0, 0.1) is 0 Å². The van der Waals surface area contributed by atoms with Crippen LogP contribution in [0.5, 0.6) is 17.2 Å². The van der Waals surface area contributed by atoms with Gasteiger partial charge in [-0.3, -0.25) is 9.59 Å². The molecule has 2 amide bonds. The Morgan fingerprint density at radius 2 is 1.90 bits per heavy atom. The molecule has 2 heterocycles. The zero-order valence-electron chi connectivity index (χ0n) is 17.2. The second kappa shape index (κ2) is 9.31. The Labute approximate surface area is 185 Å². The summed E-state index contributed by atoms with van der Waals surface area (Å²) >= 11 is 6.10. The number of rotatable bonds is 5. The second-order valence-corrected chi connectivity index (χ2v) is 7.70. The first-order valence-corrected chi connectivity index (χ1v) is 10.5. The van der Waals surface area contributed by atoms with Crippen molar-refractivity contribution in [3.63, 3.8) is 0 Å². The SMILES string of the molecule is COc1cc(/C=C/C(=O)Nc2cc(Cl)ccc2C(=O)N2CCCC2)cc2c1OCCO2. The number of methoxy groups -OCH3 is 1. The fourth-order valence-corrected chi connectivity index (χ4v) is 3.80. The lowest BCUT2D eigenvalue weighted by molar-refractivity contribution is -0.111. The zero-order valence-corrected chi connectivity index (χ0v) is 17.9. The number of amides is 2. The Kier molecular flexibility index (Phi) is 6.32. The molecule has 0 bridgehead atoms. The Morgan fingerprint density at radius 3 is 2.68 bits per heavy atom. The van der Waals surface area contributed by atoms with E-state index in [9.17, 15) is 9.59 Å². The number of benzene rings is 2. The van der Waals surface area contributed by atoms with E-state index in [1.807, 2.05) is 0 Å². The smallest absolute Gasteiger partial charge is 0.255 e. The average Bonchev–Trinajstić information content (AvgIpc) is 3.32. The van der Waals surface area contributed by atoms with Gasteiger partial charge in [0.15, 0.2) is 11.5 Å². The molecule has 31 heavy (non-hydrogen) atoms. The number of fused-ring (bicyclic) bond motifs is 1. The van der Waals surface area contributed by atoms with Crippen molar-refractivity contribution in [3.8, 4) is 17.2 Å². The van der Waals surface area contributed by atoms with Gasteiger partial charge in [0.1, 0.15) is 13.2 Å². The number of anilines is 1. The molecule has 0 spiro atoms. The third kappa shape index (κ3) is 4.77. The van der Waals surface area contributed by atoms with E-state index >= 15 is 0 Å². The van der Waals surface area contributed by atoms with Crippen molar-refractivity contribution in [2.24, 2.45) is 0 Å². The van der Waals surface area contributed by atoms with Gasteiger partial charge >= 0.3 is 0 Å². The summed E-state index contributed by atoms with van der Waals surface area (Å²) in [5.74, 6) is 1.17. The average molecular weight is 443 g/mol. The van der Waals surface area contributed by atoms with E-state index in [0.29, 0.717) is 46.7 Å². The fraction of sp³-hybridized carbons (Fsp3) is 0.304. The first-order valence-electron chi connectivity index (χ1n) is 10.1. The monoisotopic (exact) mass is 442 g/mol. The van der Waals surface area contributed by atoms with Crippen LogP contribution in [0.4, 0.5) is 5.69 Å². The molecule has 162 valence electrons. The highest BCUT2D eigenvalue weighted by atomic mass is 35.5. The van der Waals surface area contributed by atoms with E-state index in [-0.39, 0.29) is 11.8 Å². The maximum absolute atomic E-state index is 12.8. The topological polar surface area (TPSA) is 77.1 Å². The second-order valence-electron chi connectivity index (χ2n) is 7.26.